The minimum atomic E-state index is -0.273. The first-order chi connectivity index (χ1) is 12.1. The Hall–Kier alpha value is -2.60. The summed E-state index contributed by atoms with van der Waals surface area (Å²) in [5.41, 5.74) is 3.64. The lowest BCUT2D eigenvalue weighted by Gasteiger charge is -2.21. The van der Waals surface area contributed by atoms with Gasteiger partial charge in [-0.2, -0.15) is 5.10 Å². The Balaban J connectivity index is 1.73. The molecule has 6 heteroatoms. The summed E-state index contributed by atoms with van der Waals surface area (Å²) >= 11 is 1.52. The highest BCUT2D eigenvalue weighted by Gasteiger charge is 2.31. The number of rotatable bonds is 3. The maximum absolute atomic E-state index is 13.3. The van der Waals surface area contributed by atoms with Crippen molar-refractivity contribution in [3.63, 3.8) is 0 Å². The molecule has 1 atom stereocenters. The first-order valence-corrected chi connectivity index (χ1v) is 8.78. The molecule has 4 rings (SSSR count). The Morgan fingerprint density at radius 1 is 1.00 bits per heavy atom. The lowest BCUT2D eigenvalue weighted by Crippen LogP contribution is -2.18. The second-order valence-electron chi connectivity index (χ2n) is 5.94. The van der Waals surface area contributed by atoms with Gasteiger partial charge >= 0.3 is 0 Å². The van der Waals surface area contributed by atoms with Crippen LogP contribution in [0.5, 0.6) is 0 Å². The minimum Gasteiger partial charge on any atom is -0.231 e. The average molecular weight is 355 g/mol. The number of hydrogen-bond donors (Lipinski definition) is 0. The van der Waals surface area contributed by atoms with E-state index < -0.39 is 0 Å². The first kappa shape index (κ1) is 15.9. The topological polar surface area (TPSA) is 28.5 Å². The predicted molar refractivity (Wildman–Crippen MR) is 96.0 cm³/mol. The second kappa shape index (κ2) is 6.37. The summed E-state index contributed by atoms with van der Waals surface area (Å²) in [5.74, 6) is -0.539. The Labute approximate surface area is 148 Å². The summed E-state index contributed by atoms with van der Waals surface area (Å²) in [7, 11) is 0. The maximum atomic E-state index is 13.3. The molecule has 0 amide bonds. The minimum absolute atomic E-state index is 0.0637. The third-order valence-electron chi connectivity index (χ3n) is 4.15. The van der Waals surface area contributed by atoms with Crippen LogP contribution in [-0.2, 0) is 0 Å². The van der Waals surface area contributed by atoms with Crippen LogP contribution in [0.15, 0.2) is 59.0 Å². The molecule has 0 spiro atoms. The number of thiazole rings is 1. The van der Waals surface area contributed by atoms with Gasteiger partial charge in [0, 0.05) is 11.8 Å². The molecule has 1 aliphatic heterocycles. The Morgan fingerprint density at radius 3 is 2.24 bits per heavy atom. The molecule has 0 aliphatic carbocycles. The van der Waals surface area contributed by atoms with Crippen LogP contribution in [-0.4, -0.2) is 10.7 Å². The molecule has 2 aromatic carbocycles. The molecular formula is C19H15F2N3S. The largest absolute Gasteiger partial charge is 0.231 e. The molecule has 0 radical (unpaired) electrons. The fraction of sp³-hybridized carbons (Fsp3) is 0.158. The third kappa shape index (κ3) is 3.17. The van der Waals surface area contributed by atoms with Crippen LogP contribution in [0, 0.1) is 18.6 Å². The lowest BCUT2D eigenvalue weighted by molar-refractivity contribution is 0.624. The molecule has 126 valence electrons. The van der Waals surface area contributed by atoms with Crippen LogP contribution in [0.4, 0.5) is 13.9 Å². The van der Waals surface area contributed by atoms with Crippen molar-refractivity contribution >= 4 is 22.2 Å². The molecule has 3 nitrogen and oxygen atoms in total. The monoisotopic (exact) mass is 355 g/mol. The zero-order valence-electron chi connectivity index (χ0n) is 13.5. The zero-order valence-corrected chi connectivity index (χ0v) is 14.3. The van der Waals surface area contributed by atoms with E-state index in [1.807, 2.05) is 17.3 Å². The molecule has 25 heavy (non-hydrogen) atoms. The summed E-state index contributed by atoms with van der Waals surface area (Å²) in [6.45, 7) is 1.94. The molecule has 0 bridgehead atoms. The standard InChI is InChI=1S/C19H15F2N3S/c1-12-11-25-19(22-12)24-18(14-4-8-16(21)9-5-14)10-17(23-24)13-2-6-15(20)7-3-13/h2-9,11,18H,10H2,1H3. The molecule has 0 fully saturated rings. The van der Waals surface area contributed by atoms with E-state index in [0.717, 1.165) is 27.7 Å². The number of hydrogen-bond acceptors (Lipinski definition) is 4. The number of benzene rings is 2. The number of anilines is 1. The quantitative estimate of drug-likeness (QED) is 0.655. The highest BCUT2D eigenvalue weighted by molar-refractivity contribution is 7.13. The summed E-state index contributed by atoms with van der Waals surface area (Å²) in [4.78, 5) is 4.53. The maximum Gasteiger partial charge on any atom is 0.206 e. The lowest BCUT2D eigenvalue weighted by atomic mass is 9.98. The van der Waals surface area contributed by atoms with Crippen molar-refractivity contribution in [3.8, 4) is 0 Å². The van der Waals surface area contributed by atoms with Gasteiger partial charge in [0.15, 0.2) is 0 Å². The van der Waals surface area contributed by atoms with E-state index in [1.54, 1.807) is 24.3 Å². The summed E-state index contributed by atoms with van der Waals surface area (Å²) in [6.07, 6.45) is 0.649. The fourth-order valence-electron chi connectivity index (χ4n) is 2.89. The van der Waals surface area contributed by atoms with Gasteiger partial charge in [-0.15, -0.1) is 11.3 Å². The normalized spacial score (nSPS) is 17.0. The summed E-state index contributed by atoms with van der Waals surface area (Å²) in [6, 6.07) is 12.7. The van der Waals surface area contributed by atoms with Gasteiger partial charge in [-0.1, -0.05) is 24.3 Å². The van der Waals surface area contributed by atoms with E-state index in [4.69, 9.17) is 5.10 Å². The van der Waals surface area contributed by atoms with Gasteiger partial charge in [0.05, 0.1) is 17.4 Å². The van der Waals surface area contributed by atoms with Gasteiger partial charge in [-0.3, -0.25) is 0 Å². The van der Waals surface area contributed by atoms with E-state index in [2.05, 4.69) is 4.98 Å². The van der Waals surface area contributed by atoms with Crippen LogP contribution < -0.4 is 5.01 Å². The third-order valence-corrected chi connectivity index (χ3v) is 5.09. The van der Waals surface area contributed by atoms with E-state index in [9.17, 15) is 8.78 Å². The van der Waals surface area contributed by atoms with Crippen LogP contribution in [0.25, 0.3) is 0 Å². The molecule has 1 unspecified atom stereocenters. The first-order valence-electron chi connectivity index (χ1n) is 7.90. The van der Waals surface area contributed by atoms with Gasteiger partial charge in [0.25, 0.3) is 0 Å². The predicted octanol–water partition coefficient (Wildman–Crippen LogP) is 5.09. The smallest absolute Gasteiger partial charge is 0.206 e. The molecule has 0 N–H and O–H groups in total. The number of halogens is 2. The van der Waals surface area contributed by atoms with Crippen LogP contribution in [0.2, 0.25) is 0 Å². The molecule has 3 aromatic rings. The number of nitrogens with zero attached hydrogens (tertiary/aromatic N) is 3. The van der Waals surface area contributed by atoms with Gasteiger partial charge in [0.2, 0.25) is 5.13 Å². The molecule has 0 saturated heterocycles. The van der Waals surface area contributed by atoms with E-state index >= 15 is 0 Å². The summed E-state index contributed by atoms with van der Waals surface area (Å²) < 4.78 is 26.5. The van der Waals surface area contributed by atoms with Crippen molar-refractivity contribution in [2.75, 3.05) is 5.01 Å². The van der Waals surface area contributed by atoms with E-state index in [-0.39, 0.29) is 17.7 Å². The van der Waals surface area contributed by atoms with Crippen molar-refractivity contribution in [2.24, 2.45) is 5.10 Å². The molecule has 2 heterocycles. The van der Waals surface area contributed by atoms with Crippen molar-refractivity contribution in [2.45, 2.75) is 19.4 Å². The van der Waals surface area contributed by atoms with Gasteiger partial charge in [-0.25, -0.2) is 18.8 Å². The fourth-order valence-corrected chi connectivity index (χ4v) is 3.70. The number of hydrazone groups is 1. The van der Waals surface area contributed by atoms with E-state index in [0.29, 0.717) is 6.42 Å². The van der Waals surface area contributed by atoms with Crippen LogP contribution in [0.1, 0.15) is 29.3 Å². The number of aromatic nitrogens is 1. The second-order valence-corrected chi connectivity index (χ2v) is 6.78. The molecule has 0 saturated carbocycles. The molecular weight excluding hydrogens is 340 g/mol. The number of aryl methyl sites for hydroxylation is 1. The van der Waals surface area contributed by atoms with Gasteiger partial charge < -0.3 is 0 Å². The highest BCUT2D eigenvalue weighted by Crippen LogP contribution is 2.38. The van der Waals surface area contributed by atoms with Crippen molar-refractivity contribution < 1.29 is 8.78 Å². The van der Waals surface area contributed by atoms with Crippen molar-refractivity contribution in [1.29, 1.82) is 0 Å². The van der Waals surface area contributed by atoms with Crippen molar-refractivity contribution in [3.05, 3.63) is 82.4 Å². The average Bonchev–Trinajstić information content (AvgIpc) is 3.23. The van der Waals surface area contributed by atoms with Crippen LogP contribution >= 0.6 is 11.3 Å². The SMILES string of the molecule is Cc1csc(N2N=C(c3ccc(F)cc3)CC2c2ccc(F)cc2)n1. The molecule has 1 aromatic heterocycles. The Morgan fingerprint density at radius 2 is 1.64 bits per heavy atom. The van der Waals surface area contributed by atoms with Gasteiger partial charge in [0.1, 0.15) is 11.6 Å². The Kier molecular flexibility index (Phi) is 4.05. The summed E-state index contributed by atoms with van der Waals surface area (Å²) in [5, 5.41) is 9.38. The van der Waals surface area contributed by atoms with Crippen molar-refractivity contribution in [1.82, 2.24) is 4.98 Å². The van der Waals surface area contributed by atoms with E-state index in [1.165, 1.54) is 35.6 Å². The zero-order chi connectivity index (χ0) is 17.4. The van der Waals surface area contributed by atoms with Crippen LogP contribution in [0.3, 0.4) is 0 Å². The molecule has 1 aliphatic rings. The highest BCUT2D eigenvalue weighted by atomic mass is 32.1. The Bertz CT molecular complexity index is 917. The van der Waals surface area contributed by atoms with Gasteiger partial charge in [-0.05, 0) is 42.3 Å².